The number of hydrogen-bond donors (Lipinski definition) is 3. The van der Waals surface area contributed by atoms with E-state index < -0.39 is 34.4 Å². The summed E-state index contributed by atoms with van der Waals surface area (Å²) in [6.07, 6.45) is -0.896. The second-order valence-electron chi connectivity index (χ2n) is 3.75. The van der Waals surface area contributed by atoms with E-state index in [1.165, 1.54) is 18.2 Å². The minimum Gasteiger partial charge on any atom is -0.481 e. The number of aliphatic carboxylic acids is 2. The zero-order valence-electron chi connectivity index (χ0n) is 9.98. The number of nitriles is 1. The van der Waals surface area contributed by atoms with Gasteiger partial charge in [-0.2, -0.15) is 9.98 Å². The number of nitrogens with zero attached hydrogens (tertiary/aromatic N) is 1. The first-order chi connectivity index (χ1) is 9.26. The molecule has 20 heavy (non-hydrogen) atoms. The summed E-state index contributed by atoms with van der Waals surface area (Å²) >= 11 is 0. The fraction of sp³-hybridized carbons (Fsp3) is 0.182. The maximum absolute atomic E-state index is 11.9. The summed E-state index contributed by atoms with van der Waals surface area (Å²) in [6, 6.07) is 4.88. The van der Waals surface area contributed by atoms with Gasteiger partial charge in [-0.3, -0.25) is 9.59 Å². The van der Waals surface area contributed by atoms with E-state index in [0.717, 1.165) is 6.07 Å². The number of carbonyl (C=O) groups is 2. The average molecular weight is 298 g/mol. The molecule has 1 rings (SSSR count). The molecule has 0 saturated carbocycles. The predicted molar refractivity (Wildman–Crippen MR) is 65.2 cm³/mol. The summed E-state index contributed by atoms with van der Waals surface area (Å²) in [7, 11) is -4.23. The third kappa shape index (κ3) is 4.04. The number of nitrogens with one attached hydrogen (secondary N) is 1. The van der Waals surface area contributed by atoms with Crippen molar-refractivity contribution >= 4 is 22.0 Å². The molecule has 0 aliphatic heterocycles. The van der Waals surface area contributed by atoms with Crippen LogP contribution in [-0.4, -0.2) is 36.6 Å². The van der Waals surface area contributed by atoms with Gasteiger partial charge in [-0.15, -0.1) is 0 Å². The first-order valence-electron chi connectivity index (χ1n) is 5.23. The van der Waals surface area contributed by atoms with E-state index in [1.807, 2.05) is 0 Å². The van der Waals surface area contributed by atoms with Gasteiger partial charge in [0.05, 0.1) is 22.9 Å². The highest BCUT2D eigenvalue weighted by molar-refractivity contribution is 7.89. The smallest absolute Gasteiger partial charge is 0.322 e. The van der Waals surface area contributed by atoms with E-state index in [9.17, 15) is 18.0 Å². The first-order valence-corrected chi connectivity index (χ1v) is 6.71. The van der Waals surface area contributed by atoms with E-state index >= 15 is 0 Å². The van der Waals surface area contributed by atoms with Gasteiger partial charge in [0, 0.05) is 0 Å². The first kappa shape index (κ1) is 15.6. The summed E-state index contributed by atoms with van der Waals surface area (Å²) in [5.74, 6) is -3.06. The van der Waals surface area contributed by atoms with Gasteiger partial charge in [0.15, 0.2) is 0 Å². The Morgan fingerprint density at radius 2 is 2.00 bits per heavy atom. The highest BCUT2D eigenvalue weighted by atomic mass is 32.2. The topological polar surface area (TPSA) is 145 Å². The molecule has 1 unspecified atom stereocenters. The van der Waals surface area contributed by atoms with Crippen molar-refractivity contribution in [2.45, 2.75) is 17.4 Å². The Kier molecular flexibility index (Phi) is 4.79. The second kappa shape index (κ2) is 6.14. The molecular formula is C11H10N2O6S. The molecule has 1 aromatic carbocycles. The second-order valence-corrected chi connectivity index (χ2v) is 5.46. The molecular weight excluding hydrogens is 288 g/mol. The van der Waals surface area contributed by atoms with Crippen LogP contribution in [0.5, 0.6) is 0 Å². The van der Waals surface area contributed by atoms with E-state index in [1.54, 1.807) is 10.8 Å². The highest BCUT2D eigenvalue weighted by Gasteiger charge is 2.27. The molecule has 3 N–H and O–H groups in total. The lowest BCUT2D eigenvalue weighted by Gasteiger charge is -2.12. The van der Waals surface area contributed by atoms with Crippen molar-refractivity contribution in [3.8, 4) is 6.07 Å². The largest absolute Gasteiger partial charge is 0.481 e. The normalized spacial score (nSPS) is 12.3. The average Bonchev–Trinajstić information content (AvgIpc) is 2.37. The third-order valence-corrected chi connectivity index (χ3v) is 3.72. The minimum absolute atomic E-state index is 0.0815. The lowest BCUT2D eigenvalue weighted by Crippen LogP contribution is -2.42. The summed E-state index contributed by atoms with van der Waals surface area (Å²) < 4.78 is 25.6. The van der Waals surface area contributed by atoms with Gasteiger partial charge < -0.3 is 10.2 Å². The molecule has 106 valence electrons. The standard InChI is InChI=1S/C11H10N2O6S/c12-6-7-2-1-3-8(4-7)20(18,19)13-9(11(16)17)5-10(14)15/h1-4,9,13H,5H2,(H,14,15)(H,16,17). The number of carboxylic acids is 2. The Morgan fingerprint density at radius 1 is 1.35 bits per heavy atom. The zero-order valence-corrected chi connectivity index (χ0v) is 10.8. The van der Waals surface area contributed by atoms with Gasteiger partial charge >= 0.3 is 11.9 Å². The Bertz CT molecular complexity index is 676. The molecule has 1 aromatic rings. The molecule has 0 aliphatic rings. The van der Waals surface area contributed by atoms with Crippen molar-refractivity contribution < 1.29 is 28.2 Å². The molecule has 1 atom stereocenters. The Hall–Kier alpha value is -2.44. The predicted octanol–water partition coefficient (Wildman–Crippen LogP) is -0.236. The van der Waals surface area contributed by atoms with Crippen molar-refractivity contribution in [2.24, 2.45) is 0 Å². The van der Waals surface area contributed by atoms with Gasteiger partial charge in [-0.1, -0.05) is 6.07 Å². The Morgan fingerprint density at radius 3 is 2.50 bits per heavy atom. The van der Waals surface area contributed by atoms with Crippen molar-refractivity contribution in [3.05, 3.63) is 29.8 Å². The van der Waals surface area contributed by atoms with Crippen LogP contribution < -0.4 is 4.72 Å². The molecule has 0 fully saturated rings. The molecule has 0 spiro atoms. The number of hydrogen-bond acceptors (Lipinski definition) is 5. The van der Waals surface area contributed by atoms with Crippen LogP contribution in [0.4, 0.5) is 0 Å². The number of benzene rings is 1. The fourth-order valence-corrected chi connectivity index (χ4v) is 2.58. The molecule has 8 nitrogen and oxygen atoms in total. The van der Waals surface area contributed by atoms with Crippen molar-refractivity contribution in [1.29, 1.82) is 5.26 Å². The van der Waals surface area contributed by atoms with E-state index in [4.69, 9.17) is 15.5 Å². The van der Waals surface area contributed by atoms with E-state index in [-0.39, 0.29) is 10.5 Å². The van der Waals surface area contributed by atoms with Crippen LogP contribution in [0.25, 0.3) is 0 Å². The van der Waals surface area contributed by atoms with E-state index in [2.05, 4.69) is 0 Å². The van der Waals surface area contributed by atoms with Crippen molar-refractivity contribution in [2.75, 3.05) is 0 Å². The molecule has 0 radical (unpaired) electrons. The number of rotatable bonds is 6. The van der Waals surface area contributed by atoms with Crippen LogP contribution >= 0.6 is 0 Å². The molecule has 0 bridgehead atoms. The zero-order chi connectivity index (χ0) is 15.3. The van der Waals surface area contributed by atoms with Gasteiger partial charge in [0.25, 0.3) is 0 Å². The van der Waals surface area contributed by atoms with Crippen LogP contribution in [0.3, 0.4) is 0 Å². The molecule has 0 aliphatic carbocycles. The fourth-order valence-electron chi connectivity index (χ4n) is 1.34. The van der Waals surface area contributed by atoms with E-state index in [0.29, 0.717) is 0 Å². The number of sulfonamides is 1. The van der Waals surface area contributed by atoms with Crippen molar-refractivity contribution in [1.82, 2.24) is 4.72 Å². The molecule has 0 heterocycles. The van der Waals surface area contributed by atoms with Crippen LogP contribution in [0, 0.1) is 11.3 Å². The minimum atomic E-state index is -4.23. The van der Waals surface area contributed by atoms with Crippen LogP contribution in [0.2, 0.25) is 0 Å². The number of carboxylic acid groups (broad SMARTS) is 2. The van der Waals surface area contributed by atoms with Gasteiger partial charge in [-0.25, -0.2) is 8.42 Å². The quantitative estimate of drug-likeness (QED) is 0.657. The third-order valence-electron chi connectivity index (χ3n) is 2.25. The van der Waals surface area contributed by atoms with Crippen LogP contribution in [-0.2, 0) is 19.6 Å². The monoisotopic (exact) mass is 298 g/mol. The maximum Gasteiger partial charge on any atom is 0.322 e. The van der Waals surface area contributed by atoms with Crippen LogP contribution in [0.15, 0.2) is 29.2 Å². The highest BCUT2D eigenvalue weighted by Crippen LogP contribution is 2.12. The summed E-state index contributed by atoms with van der Waals surface area (Å²) in [6.45, 7) is 0. The lowest BCUT2D eigenvalue weighted by molar-refractivity contribution is -0.145. The lowest BCUT2D eigenvalue weighted by atomic mass is 10.2. The summed E-state index contributed by atoms with van der Waals surface area (Å²) in [4.78, 5) is 21.0. The Balaban J connectivity index is 3.06. The van der Waals surface area contributed by atoms with Crippen LogP contribution in [0.1, 0.15) is 12.0 Å². The van der Waals surface area contributed by atoms with Gasteiger partial charge in [0.2, 0.25) is 10.0 Å². The SMILES string of the molecule is N#Cc1cccc(S(=O)(=O)NC(CC(=O)O)C(=O)O)c1. The summed E-state index contributed by atoms with van der Waals surface area (Å²) in [5.41, 5.74) is 0.0815. The molecule has 9 heteroatoms. The molecule has 0 aromatic heterocycles. The van der Waals surface area contributed by atoms with Gasteiger partial charge in [0.1, 0.15) is 6.04 Å². The molecule has 0 amide bonds. The summed E-state index contributed by atoms with van der Waals surface area (Å²) in [5, 5.41) is 26.0. The maximum atomic E-state index is 11.9. The van der Waals surface area contributed by atoms with Gasteiger partial charge in [-0.05, 0) is 18.2 Å². The molecule has 0 saturated heterocycles. The Labute approximate surface area is 114 Å². The van der Waals surface area contributed by atoms with Crippen molar-refractivity contribution in [3.63, 3.8) is 0 Å².